The zero-order valence-corrected chi connectivity index (χ0v) is 19.0. The number of carbonyl (C=O) groups excluding carboxylic acids is 2. The summed E-state index contributed by atoms with van der Waals surface area (Å²) in [4.78, 5) is 33.6. The highest BCUT2D eigenvalue weighted by Crippen LogP contribution is 2.37. The Hall–Kier alpha value is -3.43. The Bertz CT molecular complexity index is 1270. The van der Waals surface area contributed by atoms with Crippen LogP contribution in [0.25, 0.3) is 21.3 Å². The van der Waals surface area contributed by atoms with Crippen LogP contribution in [-0.2, 0) is 9.59 Å². The van der Waals surface area contributed by atoms with Crippen LogP contribution in [0.1, 0.15) is 6.92 Å². The molecule has 0 aliphatic heterocycles. The molecule has 0 fully saturated rings. The van der Waals surface area contributed by atoms with Crippen molar-refractivity contribution in [1.82, 2.24) is 9.97 Å². The van der Waals surface area contributed by atoms with E-state index in [1.165, 1.54) is 32.1 Å². The maximum atomic E-state index is 12.6. The fraction of sp³-hybridized carbons (Fsp3) is 0.130. The van der Waals surface area contributed by atoms with Gasteiger partial charge >= 0.3 is 0 Å². The first-order valence-corrected chi connectivity index (χ1v) is 11.6. The van der Waals surface area contributed by atoms with Crippen LogP contribution in [0.15, 0.2) is 65.3 Å². The summed E-state index contributed by atoms with van der Waals surface area (Å²) >= 11 is 2.93. The lowest BCUT2D eigenvalue weighted by Crippen LogP contribution is -2.14. The van der Waals surface area contributed by atoms with Crippen LogP contribution in [0.2, 0.25) is 0 Å². The molecule has 4 rings (SSSR count). The minimum Gasteiger partial charge on any atom is -0.494 e. The minimum absolute atomic E-state index is 0.174. The van der Waals surface area contributed by atoms with Crippen LogP contribution in [0.5, 0.6) is 5.75 Å². The van der Waals surface area contributed by atoms with Crippen LogP contribution in [0, 0.1) is 0 Å². The first-order valence-electron chi connectivity index (χ1n) is 9.71. The van der Waals surface area contributed by atoms with Crippen molar-refractivity contribution < 1.29 is 14.3 Å². The Morgan fingerprint density at radius 2 is 1.91 bits per heavy atom. The van der Waals surface area contributed by atoms with Crippen molar-refractivity contribution in [2.45, 2.75) is 11.9 Å². The number of anilines is 2. The van der Waals surface area contributed by atoms with E-state index in [1.54, 1.807) is 29.5 Å². The van der Waals surface area contributed by atoms with Gasteiger partial charge in [0.15, 0.2) is 0 Å². The average molecular weight is 465 g/mol. The van der Waals surface area contributed by atoms with Gasteiger partial charge in [0.05, 0.1) is 23.9 Å². The monoisotopic (exact) mass is 464 g/mol. The number of amides is 2. The summed E-state index contributed by atoms with van der Waals surface area (Å²) in [5, 5.41) is 9.35. The van der Waals surface area contributed by atoms with Gasteiger partial charge in [0.25, 0.3) is 0 Å². The molecule has 32 heavy (non-hydrogen) atoms. The summed E-state index contributed by atoms with van der Waals surface area (Å²) < 4.78 is 5.31. The SMILES string of the molecule is COc1cc(NC(=O)CSc2ncnc3scc(-c4ccccc4)c23)ccc1NC(C)=O. The predicted octanol–water partition coefficient (Wildman–Crippen LogP) is 5.06. The second-order valence-electron chi connectivity index (χ2n) is 6.81. The Morgan fingerprint density at radius 3 is 2.66 bits per heavy atom. The van der Waals surface area contributed by atoms with Gasteiger partial charge in [-0.1, -0.05) is 42.1 Å². The lowest BCUT2D eigenvalue weighted by molar-refractivity contribution is -0.114. The van der Waals surface area contributed by atoms with Crippen LogP contribution in [0.4, 0.5) is 11.4 Å². The zero-order chi connectivity index (χ0) is 22.5. The molecule has 0 spiro atoms. The van der Waals surface area contributed by atoms with Crippen molar-refractivity contribution in [3.8, 4) is 16.9 Å². The van der Waals surface area contributed by atoms with Crippen molar-refractivity contribution in [2.24, 2.45) is 0 Å². The Labute approximate surface area is 193 Å². The molecule has 0 unspecified atom stereocenters. The fourth-order valence-electron chi connectivity index (χ4n) is 3.18. The number of thioether (sulfide) groups is 1. The van der Waals surface area contributed by atoms with Gasteiger partial charge in [-0.3, -0.25) is 9.59 Å². The number of carbonyl (C=O) groups is 2. The lowest BCUT2D eigenvalue weighted by Gasteiger charge is -2.12. The first kappa shape index (κ1) is 21.8. The van der Waals surface area contributed by atoms with Gasteiger partial charge in [0.1, 0.15) is 21.9 Å². The number of hydrogen-bond donors (Lipinski definition) is 2. The molecular weight excluding hydrogens is 444 g/mol. The number of thiophene rings is 1. The van der Waals surface area contributed by atoms with Crippen LogP contribution in [-0.4, -0.2) is 34.6 Å². The maximum absolute atomic E-state index is 12.6. The summed E-state index contributed by atoms with van der Waals surface area (Å²) in [5.74, 6) is 0.281. The molecule has 0 saturated carbocycles. The Kier molecular flexibility index (Phi) is 6.67. The highest BCUT2D eigenvalue weighted by atomic mass is 32.2. The van der Waals surface area contributed by atoms with Gasteiger partial charge in [0, 0.05) is 29.6 Å². The van der Waals surface area contributed by atoms with Crippen molar-refractivity contribution in [1.29, 1.82) is 0 Å². The van der Waals surface area contributed by atoms with Gasteiger partial charge in [-0.25, -0.2) is 9.97 Å². The van der Waals surface area contributed by atoms with Crippen molar-refractivity contribution in [3.63, 3.8) is 0 Å². The van der Waals surface area contributed by atoms with Crippen molar-refractivity contribution in [2.75, 3.05) is 23.5 Å². The van der Waals surface area contributed by atoms with E-state index in [9.17, 15) is 9.59 Å². The molecule has 4 aromatic rings. The van der Waals surface area contributed by atoms with Gasteiger partial charge in [-0.2, -0.15) is 0 Å². The quantitative estimate of drug-likeness (QED) is 0.293. The van der Waals surface area contributed by atoms with Crippen LogP contribution < -0.4 is 15.4 Å². The standard InChI is InChI=1S/C23H20N4O3S2/c1-14(28)26-18-9-8-16(10-19(18)30-2)27-20(29)12-32-23-21-17(15-6-4-3-5-7-15)11-31-22(21)24-13-25-23/h3-11,13H,12H2,1-2H3,(H,26,28)(H,27,29). The zero-order valence-electron chi connectivity index (χ0n) is 17.4. The number of rotatable bonds is 7. The first-order chi connectivity index (χ1) is 15.5. The second-order valence-corrected chi connectivity index (χ2v) is 8.63. The lowest BCUT2D eigenvalue weighted by atomic mass is 10.1. The number of nitrogens with one attached hydrogen (secondary N) is 2. The van der Waals surface area contributed by atoms with E-state index in [0.29, 0.717) is 17.1 Å². The molecule has 0 aliphatic carbocycles. The molecule has 2 aromatic carbocycles. The van der Waals surface area contributed by atoms with E-state index >= 15 is 0 Å². The number of methoxy groups -OCH3 is 1. The Balaban J connectivity index is 1.49. The summed E-state index contributed by atoms with van der Waals surface area (Å²) in [6, 6.07) is 15.1. The molecule has 0 bridgehead atoms. The van der Waals surface area contributed by atoms with Gasteiger partial charge in [0.2, 0.25) is 11.8 Å². The third-order valence-electron chi connectivity index (χ3n) is 4.56. The van der Waals surface area contributed by atoms with Crippen molar-refractivity contribution in [3.05, 3.63) is 60.2 Å². The third-order valence-corrected chi connectivity index (χ3v) is 6.43. The molecule has 2 N–H and O–H groups in total. The topological polar surface area (TPSA) is 93.2 Å². The number of hydrogen-bond acceptors (Lipinski definition) is 7. The highest BCUT2D eigenvalue weighted by molar-refractivity contribution is 8.00. The largest absolute Gasteiger partial charge is 0.494 e. The molecule has 9 heteroatoms. The van der Waals surface area contributed by atoms with E-state index in [4.69, 9.17) is 4.74 Å². The normalized spacial score (nSPS) is 10.7. The molecule has 2 aromatic heterocycles. The fourth-order valence-corrected chi connectivity index (χ4v) is 4.97. The highest BCUT2D eigenvalue weighted by Gasteiger charge is 2.15. The van der Waals surface area contributed by atoms with E-state index < -0.39 is 0 Å². The molecular formula is C23H20N4O3S2. The maximum Gasteiger partial charge on any atom is 0.234 e. The van der Waals surface area contributed by atoms with Crippen molar-refractivity contribution >= 4 is 56.5 Å². The molecule has 0 aliphatic rings. The molecule has 2 heterocycles. The smallest absolute Gasteiger partial charge is 0.234 e. The molecule has 7 nitrogen and oxygen atoms in total. The summed E-state index contributed by atoms with van der Waals surface area (Å²) in [6.07, 6.45) is 1.53. The number of nitrogens with zero attached hydrogens (tertiary/aromatic N) is 2. The molecule has 0 saturated heterocycles. The molecule has 162 valence electrons. The average Bonchev–Trinajstić information content (AvgIpc) is 3.24. The summed E-state index contributed by atoms with van der Waals surface area (Å²) in [6.45, 7) is 1.42. The summed E-state index contributed by atoms with van der Waals surface area (Å²) in [5.41, 5.74) is 3.27. The van der Waals surface area contributed by atoms with E-state index in [2.05, 4.69) is 26.0 Å². The minimum atomic E-state index is -0.198. The number of benzene rings is 2. The van der Waals surface area contributed by atoms with Gasteiger partial charge in [-0.15, -0.1) is 11.3 Å². The van der Waals surface area contributed by atoms with E-state index in [-0.39, 0.29) is 17.6 Å². The van der Waals surface area contributed by atoms with Gasteiger partial charge in [-0.05, 0) is 17.7 Å². The van der Waals surface area contributed by atoms with E-state index in [1.807, 2.05) is 30.3 Å². The van der Waals surface area contributed by atoms with Crippen LogP contribution in [0.3, 0.4) is 0 Å². The molecule has 0 atom stereocenters. The van der Waals surface area contributed by atoms with Crippen LogP contribution >= 0.6 is 23.1 Å². The summed E-state index contributed by atoms with van der Waals surface area (Å²) in [7, 11) is 1.51. The number of aromatic nitrogens is 2. The Morgan fingerprint density at radius 1 is 1.09 bits per heavy atom. The third kappa shape index (κ3) is 4.90. The molecule has 0 radical (unpaired) electrons. The second kappa shape index (κ2) is 9.80. The number of ether oxygens (including phenoxy) is 1. The van der Waals surface area contributed by atoms with Gasteiger partial charge < -0.3 is 15.4 Å². The predicted molar refractivity (Wildman–Crippen MR) is 130 cm³/mol. The number of fused-ring (bicyclic) bond motifs is 1. The molecule has 2 amide bonds. The van der Waals surface area contributed by atoms with E-state index in [0.717, 1.165) is 26.4 Å².